The Morgan fingerprint density at radius 2 is 1.73 bits per heavy atom. The summed E-state index contributed by atoms with van der Waals surface area (Å²) < 4.78 is 31.7. The molecular weight excluding hydrogens is 445 g/mol. The smallest absolute Gasteiger partial charge is 0.481 e. The molecule has 12 heteroatoms. The quantitative estimate of drug-likeness (QED) is 0.399. The van der Waals surface area contributed by atoms with E-state index >= 15 is 0 Å². The fraction of sp³-hybridized carbons (Fsp3) is 0.333. The number of alkyl halides is 3. The third kappa shape index (κ3) is 9.35. The molecule has 164 valence electrons. The minimum absolute atomic E-state index is 0.114. The van der Waals surface area contributed by atoms with Crippen molar-refractivity contribution >= 4 is 50.3 Å². The molecule has 0 aliphatic heterocycles. The van der Waals surface area contributed by atoms with Crippen molar-refractivity contribution in [1.82, 2.24) is 10.3 Å². The first-order valence-electron chi connectivity index (χ1n) is 8.42. The molecule has 0 spiro atoms. The molecule has 30 heavy (non-hydrogen) atoms. The second kappa shape index (κ2) is 12.3. The summed E-state index contributed by atoms with van der Waals surface area (Å²) in [4.78, 5) is 35.9. The van der Waals surface area contributed by atoms with Gasteiger partial charge in [0.1, 0.15) is 0 Å². The van der Waals surface area contributed by atoms with Crippen LogP contribution in [0.4, 0.5) is 13.2 Å². The number of nitrogens with one attached hydrogen (secondary N) is 1. The predicted octanol–water partition coefficient (Wildman–Crippen LogP) is 3.76. The molecule has 1 aromatic carbocycles. The van der Waals surface area contributed by atoms with Crippen LogP contribution < -0.4 is 5.32 Å². The van der Waals surface area contributed by atoms with Crippen molar-refractivity contribution in [1.29, 1.82) is 0 Å². The van der Waals surface area contributed by atoms with Crippen LogP contribution in [0.25, 0.3) is 10.9 Å². The van der Waals surface area contributed by atoms with Crippen LogP contribution in [0.15, 0.2) is 30.5 Å². The normalized spacial score (nSPS) is 10.8. The van der Waals surface area contributed by atoms with Gasteiger partial charge in [-0.2, -0.15) is 13.2 Å². The van der Waals surface area contributed by atoms with Gasteiger partial charge in [-0.1, -0.05) is 33.7 Å². The Bertz CT molecular complexity index is 894. The van der Waals surface area contributed by atoms with Crippen molar-refractivity contribution in [3.63, 3.8) is 0 Å². The molecule has 0 aliphatic rings. The number of aryl methyl sites for hydroxylation is 1. The van der Waals surface area contributed by atoms with Crippen molar-refractivity contribution in [3.8, 4) is 0 Å². The van der Waals surface area contributed by atoms with Crippen molar-refractivity contribution in [3.05, 3.63) is 41.6 Å². The number of carbonyl (C=O) groups is 3. The second-order valence-electron chi connectivity index (χ2n) is 5.73. The molecule has 1 heterocycles. The number of benzene rings is 1. The van der Waals surface area contributed by atoms with Crippen LogP contribution in [0.3, 0.4) is 0 Å². The molecule has 0 saturated carbocycles. The molecule has 2 rings (SSSR count). The largest absolute Gasteiger partial charge is 0.490 e. The lowest BCUT2D eigenvalue weighted by molar-refractivity contribution is -0.192. The van der Waals surface area contributed by atoms with Crippen molar-refractivity contribution in [2.24, 2.45) is 0 Å². The highest BCUT2D eigenvalue weighted by Gasteiger charge is 2.38. The number of hydrogen-bond acceptors (Lipinski definition) is 6. The molecule has 1 aromatic heterocycles. The fourth-order valence-corrected chi connectivity index (χ4v) is 3.89. The fourth-order valence-electron chi connectivity index (χ4n) is 2.00. The Hall–Kier alpha value is -2.47. The Morgan fingerprint density at radius 3 is 2.33 bits per heavy atom. The van der Waals surface area contributed by atoms with Crippen molar-refractivity contribution < 1.29 is 37.8 Å². The first kappa shape index (κ1) is 25.6. The topological polar surface area (TPSA) is 117 Å². The van der Waals surface area contributed by atoms with Gasteiger partial charge in [-0.15, -0.1) is 0 Å². The SMILES string of the molecule is Cc1ccc2c(C(=O)NCCSSCCC(=O)O)ccnc2c1.O=C(O)C(F)(F)F. The van der Waals surface area contributed by atoms with Crippen LogP contribution in [0.5, 0.6) is 0 Å². The van der Waals surface area contributed by atoms with Gasteiger partial charge in [-0.3, -0.25) is 14.6 Å². The van der Waals surface area contributed by atoms with E-state index in [4.69, 9.17) is 15.0 Å². The highest BCUT2D eigenvalue weighted by atomic mass is 33.1. The number of amides is 1. The van der Waals surface area contributed by atoms with E-state index in [1.54, 1.807) is 23.1 Å². The molecule has 0 bridgehead atoms. The Labute approximate surface area is 177 Å². The minimum Gasteiger partial charge on any atom is -0.481 e. The predicted molar refractivity (Wildman–Crippen MR) is 110 cm³/mol. The van der Waals surface area contributed by atoms with E-state index < -0.39 is 18.1 Å². The molecule has 1 amide bonds. The molecule has 3 N–H and O–H groups in total. The summed E-state index contributed by atoms with van der Waals surface area (Å²) >= 11 is 0. The number of carbonyl (C=O) groups excluding carboxylic acids is 1. The highest BCUT2D eigenvalue weighted by Crippen LogP contribution is 2.21. The number of rotatable bonds is 8. The van der Waals surface area contributed by atoms with Gasteiger partial charge in [0.05, 0.1) is 17.5 Å². The van der Waals surface area contributed by atoms with Crippen LogP contribution in [0.2, 0.25) is 0 Å². The van der Waals surface area contributed by atoms with Gasteiger partial charge < -0.3 is 15.5 Å². The van der Waals surface area contributed by atoms with Crippen LogP contribution in [-0.2, 0) is 9.59 Å². The van der Waals surface area contributed by atoms with Gasteiger partial charge in [0.25, 0.3) is 5.91 Å². The number of hydrogen-bond donors (Lipinski definition) is 3. The zero-order chi connectivity index (χ0) is 22.7. The minimum atomic E-state index is -5.08. The summed E-state index contributed by atoms with van der Waals surface area (Å²) in [5.74, 6) is -2.35. The Balaban J connectivity index is 0.000000553. The van der Waals surface area contributed by atoms with Gasteiger partial charge in [-0.05, 0) is 24.6 Å². The number of aliphatic carboxylic acids is 2. The lowest BCUT2D eigenvalue weighted by Crippen LogP contribution is -2.25. The zero-order valence-electron chi connectivity index (χ0n) is 15.7. The second-order valence-corrected chi connectivity index (χ2v) is 8.43. The number of aromatic nitrogens is 1. The first-order valence-corrected chi connectivity index (χ1v) is 10.9. The number of carboxylic acids is 2. The number of pyridine rings is 1. The molecule has 0 aliphatic carbocycles. The van der Waals surface area contributed by atoms with Crippen molar-refractivity contribution in [2.75, 3.05) is 18.1 Å². The highest BCUT2D eigenvalue weighted by molar-refractivity contribution is 8.76. The standard InChI is InChI=1S/C16H18N2O3S2.C2HF3O2/c1-11-2-3-12-13(4-6-17-14(12)10-11)16(21)18-7-9-23-22-8-5-15(19)20;3-2(4,5)1(6)7/h2-4,6,10H,5,7-9H2,1H3,(H,18,21)(H,19,20);(H,6,7). The van der Waals surface area contributed by atoms with Crippen molar-refractivity contribution in [2.45, 2.75) is 19.5 Å². The zero-order valence-corrected chi connectivity index (χ0v) is 17.4. The molecule has 0 saturated heterocycles. The van der Waals surface area contributed by atoms with Gasteiger partial charge in [0.2, 0.25) is 0 Å². The van der Waals surface area contributed by atoms with E-state index in [0.717, 1.165) is 22.2 Å². The number of halogens is 3. The van der Waals surface area contributed by atoms with Gasteiger partial charge in [0.15, 0.2) is 0 Å². The van der Waals surface area contributed by atoms with Crippen LogP contribution in [-0.4, -0.2) is 57.3 Å². The van der Waals surface area contributed by atoms with Crippen LogP contribution in [0.1, 0.15) is 22.3 Å². The van der Waals surface area contributed by atoms with Crippen LogP contribution in [0, 0.1) is 6.92 Å². The van der Waals surface area contributed by atoms with E-state index in [1.165, 1.54) is 10.8 Å². The van der Waals surface area contributed by atoms with Crippen LogP contribution >= 0.6 is 21.6 Å². The third-order valence-electron chi connectivity index (χ3n) is 3.34. The Kier molecular flexibility index (Phi) is 10.5. The lowest BCUT2D eigenvalue weighted by Gasteiger charge is -2.08. The first-order chi connectivity index (χ1) is 14.0. The number of carboxylic acid groups (broad SMARTS) is 2. The molecule has 0 fully saturated rings. The number of nitrogens with zero attached hydrogens (tertiary/aromatic N) is 1. The Morgan fingerprint density at radius 1 is 1.10 bits per heavy atom. The average molecular weight is 464 g/mol. The molecule has 2 aromatic rings. The lowest BCUT2D eigenvalue weighted by atomic mass is 10.1. The summed E-state index contributed by atoms with van der Waals surface area (Å²) in [6.07, 6.45) is -3.28. The summed E-state index contributed by atoms with van der Waals surface area (Å²) in [6.45, 7) is 2.53. The monoisotopic (exact) mass is 464 g/mol. The van der Waals surface area contributed by atoms with Gasteiger partial charge in [-0.25, -0.2) is 4.79 Å². The molecule has 7 nitrogen and oxygen atoms in total. The number of fused-ring (bicyclic) bond motifs is 1. The summed E-state index contributed by atoms with van der Waals surface area (Å²) in [6, 6.07) is 7.57. The average Bonchev–Trinajstić information content (AvgIpc) is 2.65. The van der Waals surface area contributed by atoms with E-state index in [9.17, 15) is 22.8 Å². The maximum atomic E-state index is 12.3. The molecule has 0 atom stereocenters. The third-order valence-corrected chi connectivity index (χ3v) is 5.75. The maximum absolute atomic E-state index is 12.3. The molecule has 0 radical (unpaired) electrons. The molecular formula is C18H19F3N2O5S2. The van der Waals surface area contributed by atoms with E-state index in [1.807, 2.05) is 25.1 Å². The summed E-state index contributed by atoms with van der Waals surface area (Å²) in [7, 11) is 3.07. The summed E-state index contributed by atoms with van der Waals surface area (Å²) in [5.41, 5.74) is 2.55. The van der Waals surface area contributed by atoms with E-state index in [2.05, 4.69) is 10.3 Å². The van der Waals surface area contributed by atoms with E-state index in [-0.39, 0.29) is 12.3 Å². The summed E-state index contributed by atoms with van der Waals surface area (Å²) in [5, 5.41) is 19.4. The van der Waals surface area contributed by atoms with E-state index in [0.29, 0.717) is 17.9 Å². The van der Waals surface area contributed by atoms with Gasteiger partial charge in [0, 0.05) is 29.6 Å². The van der Waals surface area contributed by atoms with Gasteiger partial charge >= 0.3 is 18.1 Å². The maximum Gasteiger partial charge on any atom is 0.490 e. The molecule has 0 unspecified atom stereocenters.